The maximum atomic E-state index is 9.05. The van der Waals surface area contributed by atoms with Crippen LogP contribution in [0.1, 0.15) is 16.7 Å². The van der Waals surface area contributed by atoms with Crippen molar-refractivity contribution in [3.05, 3.63) is 34.9 Å². The minimum atomic E-state index is 0.170. The highest BCUT2D eigenvalue weighted by atomic mass is 16.3. The summed E-state index contributed by atoms with van der Waals surface area (Å²) in [5.41, 5.74) is 9.41. The van der Waals surface area contributed by atoms with E-state index in [1.165, 1.54) is 16.7 Å². The molecule has 14 heavy (non-hydrogen) atoms. The van der Waals surface area contributed by atoms with E-state index in [-0.39, 0.29) is 12.5 Å². The van der Waals surface area contributed by atoms with Gasteiger partial charge in [0, 0.05) is 6.61 Å². The number of rotatable bonds is 4. The summed E-state index contributed by atoms with van der Waals surface area (Å²) in [5.74, 6) is 0.191. The molecule has 0 amide bonds. The first-order valence-corrected chi connectivity index (χ1v) is 5.04. The Morgan fingerprint density at radius 2 is 2.07 bits per heavy atom. The zero-order valence-electron chi connectivity index (χ0n) is 8.96. The molecule has 0 saturated heterocycles. The number of hydrogen-bond acceptors (Lipinski definition) is 2. The van der Waals surface area contributed by atoms with Crippen LogP contribution in [0.5, 0.6) is 0 Å². The molecule has 0 aliphatic rings. The fourth-order valence-corrected chi connectivity index (χ4v) is 1.61. The third-order valence-electron chi connectivity index (χ3n) is 2.60. The second-order valence-electron chi connectivity index (χ2n) is 3.92. The van der Waals surface area contributed by atoms with E-state index in [0.717, 1.165) is 6.42 Å². The van der Waals surface area contributed by atoms with E-state index in [4.69, 9.17) is 10.8 Å². The first-order chi connectivity index (χ1) is 6.67. The van der Waals surface area contributed by atoms with Gasteiger partial charge in [0.05, 0.1) is 0 Å². The highest BCUT2D eigenvalue weighted by molar-refractivity contribution is 5.30. The van der Waals surface area contributed by atoms with Crippen molar-refractivity contribution >= 4 is 0 Å². The Morgan fingerprint density at radius 3 is 2.57 bits per heavy atom. The quantitative estimate of drug-likeness (QED) is 0.759. The van der Waals surface area contributed by atoms with Crippen LogP contribution in [0.3, 0.4) is 0 Å². The monoisotopic (exact) mass is 193 g/mol. The number of aryl methyl sites for hydroxylation is 2. The molecule has 0 radical (unpaired) electrons. The van der Waals surface area contributed by atoms with Crippen LogP contribution >= 0.6 is 0 Å². The molecule has 0 aliphatic carbocycles. The molecule has 0 spiro atoms. The molecule has 2 heteroatoms. The molecule has 1 rings (SSSR count). The second-order valence-corrected chi connectivity index (χ2v) is 3.92. The molecular formula is C12H19NO. The maximum Gasteiger partial charge on any atom is 0.0474 e. The highest BCUT2D eigenvalue weighted by Crippen LogP contribution is 2.14. The van der Waals surface area contributed by atoms with E-state index in [1.54, 1.807) is 0 Å². The van der Waals surface area contributed by atoms with E-state index >= 15 is 0 Å². The minimum Gasteiger partial charge on any atom is -0.396 e. The molecular weight excluding hydrogens is 174 g/mol. The van der Waals surface area contributed by atoms with Crippen LogP contribution in [0.25, 0.3) is 0 Å². The molecule has 1 aromatic carbocycles. The van der Waals surface area contributed by atoms with Crippen molar-refractivity contribution in [1.29, 1.82) is 0 Å². The van der Waals surface area contributed by atoms with Gasteiger partial charge in [0.25, 0.3) is 0 Å². The van der Waals surface area contributed by atoms with Crippen molar-refractivity contribution in [3.63, 3.8) is 0 Å². The summed E-state index contributed by atoms with van der Waals surface area (Å²) in [7, 11) is 0. The SMILES string of the molecule is Cc1ccc(CC(CN)CO)c(C)c1. The van der Waals surface area contributed by atoms with Crippen molar-refractivity contribution in [2.24, 2.45) is 11.7 Å². The van der Waals surface area contributed by atoms with Gasteiger partial charge in [-0.25, -0.2) is 0 Å². The van der Waals surface area contributed by atoms with Crippen LogP contribution < -0.4 is 5.73 Å². The van der Waals surface area contributed by atoms with Gasteiger partial charge in [0.2, 0.25) is 0 Å². The maximum absolute atomic E-state index is 9.05. The first kappa shape index (κ1) is 11.2. The zero-order chi connectivity index (χ0) is 10.6. The molecule has 3 N–H and O–H groups in total. The standard InChI is InChI=1S/C12H19NO/c1-9-3-4-12(10(2)5-9)6-11(7-13)8-14/h3-5,11,14H,6-8,13H2,1-2H3. The molecule has 0 saturated carbocycles. The third-order valence-corrected chi connectivity index (χ3v) is 2.60. The number of hydrogen-bond donors (Lipinski definition) is 2. The van der Waals surface area contributed by atoms with Crippen LogP contribution in [0.2, 0.25) is 0 Å². The number of aliphatic hydroxyl groups excluding tert-OH is 1. The summed E-state index contributed by atoms with van der Waals surface area (Å²) in [6.07, 6.45) is 0.874. The minimum absolute atomic E-state index is 0.170. The van der Waals surface area contributed by atoms with Gasteiger partial charge in [-0.05, 0) is 43.9 Å². The molecule has 0 bridgehead atoms. The van der Waals surface area contributed by atoms with Gasteiger partial charge in [-0.3, -0.25) is 0 Å². The third kappa shape index (κ3) is 2.82. The smallest absolute Gasteiger partial charge is 0.0474 e. The van der Waals surface area contributed by atoms with E-state index in [2.05, 4.69) is 32.0 Å². The van der Waals surface area contributed by atoms with Gasteiger partial charge in [-0.1, -0.05) is 23.8 Å². The lowest BCUT2D eigenvalue weighted by Gasteiger charge is -2.13. The van der Waals surface area contributed by atoms with E-state index in [1.807, 2.05) is 0 Å². The Kier molecular flexibility index (Phi) is 4.11. The Labute approximate surface area is 85.8 Å². The Bertz CT molecular complexity index is 292. The molecule has 78 valence electrons. The average molecular weight is 193 g/mol. The molecule has 1 aromatic rings. The summed E-state index contributed by atoms with van der Waals surface area (Å²) in [4.78, 5) is 0. The molecule has 1 unspecified atom stereocenters. The normalized spacial score (nSPS) is 12.9. The van der Waals surface area contributed by atoms with Gasteiger partial charge < -0.3 is 10.8 Å². The Balaban J connectivity index is 2.76. The highest BCUT2D eigenvalue weighted by Gasteiger charge is 2.07. The van der Waals surface area contributed by atoms with Crippen molar-refractivity contribution in [2.45, 2.75) is 20.3 Å². The summed E-state index contributed by atoms with van der Waals surface area (Å²) in [6, 6.07) is 6.40. The lowest BCUT2D eigenvalue weighted by molar-refractivity contribution is 0.229. The lowest BCUT2D eigenvalue weighted by atomic mass is 9.95. The summed E-state index contributed by atoms with van der Waals surface area (Å²) >= 11 is 0. The van der Waals surface area contributed by atoms with Crippen LogP contribution in [0.15, 0.2) is 18.2 Å². The number of benzene rings is 1. The predicted octanol–water partition coefficient (Wildman–Crippen LogP) is 1.41. The van der Waals surface area contributed by atoms with Crippen LogP contribution in [-0.4, -0.2) is 18.3 Å². The Hall–Kier alpha value is -0.860. The zero-order valence-corrected chi connectivity index (χ0v) is 8.96. The van der Waals surface area contributed by atoms with Gasteiger partial charge in [0.1, 0.15) is 0 Å². The second kappa shape index (κ2) is 5.13. The topological polar surface area (TPSA) is 46.2 Å². The molecule has 0 aromatic heterocycles. The van der Waals surface area contributed by atoms with Crippen molar-refractivity contribution in [2.75, 3.05) is 13.2 Å². The number of aliphatic hydroxyl groups is 1. The van der Waals surface area contributed by atoms with Crippen molar-refractivity contribution in [1.82, 2.24) is 0 Å². The first-order valence-electron chi connectivity index (χ1n) is 5.04. The summed E-state index contributed by atoms with van der Waals surface area (Å²) in [6.45, 7) is 4.91. The summed E-state index contributed by atoms with van der Waals surface area (Å²) < 4.78 is 0. The molecule has 0 aliphatic heterocycles. The van der Waals surface area contributed by atoms with Gasteiger partial charge in [0.15, 0.2) is 0 Å². The van der Waals surface area contributed by atoms with Gasteiger partial charge in [-0.15, -0.1) is 0 Å². The average Bonchev–Trinajstić information content (AvgIpc) is 2.17. The van der Waals surface area contributed by atoms with E-state index < -0.39 is 0 Å². The van der Waals surface area contributed by atoms with Crippen LogP contribution in [0, 0.1) is 19.8 Å². The van der Waals surface area contributed by atoms with Crippen molar-refractivity contribution < 1.29 is 5.11 Å². The number of nitrogens with two attached hydrogens (primary N) is 1. The van der Waals surface area contributed by atoms with E-state index in [0.29, 0.717) is 6.54 Å². The molecule has 1 atom stereocenters. The van der Waals surface area contributed by atoms with E-state index in [9.17, 15) is 0 Å². The van der Waals surface area contributed by atoms with Crippen LogP contribution in [-0.2, 0) is 6.42 Å². The molecule has 2 nitrogen and oxygen atoms in total. The summed E-state index contributed by atoms with van der Waals surface area (Å²) in [5, 5.41) is 9.05. The fraction of sp³-hybridized carbons (Fsp3) is 0.500. The predicted molar refractivity (Wildman–Crippen MR) is 59.3 cm³/mol. The van der Waals surface area contributed by atoms with Crippen molar-refractivity contribution in [3.8, 4) is 0 Å². The largest absolute Gasteiger partial charge is 0.396 e. The lowest BCUT2D eigenvalue weighted by Crippen LogP contribution is -2.20. The molecule has 0 fully saturated rings. The van der Waals surface area contributed by atoms with Gasteiger partial charge >= 0.3 is 0 Å². The Morgan fingerprint density at radius 1 is 1.36 bits per heavy atom. The van der Waals surface area contributed by atoms with Crippen LogP contribution in [0.4, 0.5) is 0 Å². The molecule has 0 heterocycles. The fourth-order valence-electron chi connectivity index (χ4n) is 1.61. The van der Waals surface area contributed by atoms with Gasteiger partial charge in [-0.2, -0.15) is 0 Å².